The van der Waals surface area contributed by atoms with Crippen molar-refractivity contribution >= 4 is 17.5 Å². The number of hydrogen-bond acceptors (Lipinski definition) is 4. The summed E-state index contributed by atoms with van der Waals surface area (Å²) in [4.78, 5) is 12.1. The van der Waals surface area contributed by atoms with Gasteiger partial charge >= 0.3 is 0 Å². The van der Waals surface area contributed by atoms with Crippen molar-refractivity contribution in [2.24, 2.45) is 5.92 Å². The van der Waals surface area contributed by atoms with E-state index in [2.05, 4.69) is 10.6 Å². The summed E-state index contributed by atoms with van der Waals surface area (Å²) in [5.41, 5.74) is 0.993. The van der Waals surface area contributed by atoms with E-state index in [4.69, 9.17) is 21.1 Å². The molecule has 0 spiro atoms. The Labute approximate surface area is 130 Å². The summed E-state index contributed by atoms with van der Waals surface area (Å²) in [6, 6.07) is 5.51. The highest BCUT2D eigenvalue weighted by atomic mass is 35.5. The van der Waals surface area contributed by atoms with Gasteiger partial charge in [0.2, 0.25) is 5.91 Å². The van der Waals surface area contributed by atoms with Crippen LogP contribution in [0.15, 0.2) is 18.2 Å². The molecule has 0 fully saturated rings. The maximum absolute atomic E-state index is 12.1. The van der Waals surface area contributed by atoms with E-state index >= 15 is 0 Å². The molecule has 2 rings (SSSR count). The van der Waals surface area contributed by atoms with Gasteiger partial charge in [-0.2, -0.15) is 0 Å². The van der Waals surface area contributed by atoms with E-state index in [1.165, 1.54) is 0 Å². The van der Waals surface area contributed by atoms with Crippen molar-refractivity contribution < 1.29 is 14.3 Å². The second kappa shape index (κ2) is 8.22. The zero-order valence-electron chi connectivity index (χ0n) is 12.2. The van der Waals surface area contributed by atoms with E-state index in [1.54, 1.807) is 13.2 Å². The van der Waals surface area contributed by atoms with Crippen LogP contribution in [-0.4, -0.2) is 45.9 Å². The fourth-order valence-electron chi connectivity index (χ4n) is 2.25. The smallest absolute Gasteiger partial charge is 0.226 e. The van der Waals surface area contributed by atoms with E-state index in [-0.39, 0.29) is 11.8 Å². The number of nitrogens with one attached hydrogen (secondary N) is 2. The summed E-state index contributed by atoms with van der Waals surface area (Å²) >= 11 is 5.97. The molecule has 0 aliphatic carbocycles. The Balaban J connectivity index is 1.74. The van der Waals surface area contributed by atoms with Crippen LogP contribution in [-0.2, 0) is 16.0 Å². The molecule has 2 N–H and O–H groups in total. The number of hydrogen-bond donors (Lipinski definition) is 2. The Morgan fingerprint density at radius 2 is 2.29 bits per heavy atom. The van der Waals surface area contributed by atoms with E-state index in [1.807, 2.05) is 12.1 Å². The number of amides is 1. The minimum atomic E-state index is -0.157. The van der Waals surface area contributed by atoms with Gasteiger partial charge in [0.05, 0.1) is 12.5 Å². The normalized spacial score (nSPS) is 17.0. The zero-order chi connectivity index (χ0) is 15.1. The summed E-state index contributed by atoms with van der Waals surface area (Å²) in [7, 11) is 1.66. The number of carbonyl (C=O) groups excluding carboxylic acids is 1. The number of rotatable bonds is 7. The second-order valence-corrected chi connectivity index (χ2v) is 5.43. The van der Waals surface area contributed by atoms with Gasteiger partial charge in [-0.3, -0.25) is 4.79 Å². The van der Waals surface area contributed by atoms with E-state index in [9.17, 15) is 4.79 Å². The Kier molecular flexibility index (Phi) is 6.29. The highest BCUT2D eigenvalue weighted by Crippen LogP contribution is 2.29. The summed E-state index contributed by atoms with van der Waals surface area (Å²) < 4.78 is 10.6. The van der Waals surface area contributed by atoms with Crippen LogP contribution in [0.2, 0.25) is 5.02 Å². The van der Waals surface area contributed by atoms with Crippen LogP contribution in [0.1, 0.15) is 5.56 Å². The van der Waals surface area contributed by atoms with Crippen LogP contribution >= 0.6 is 11.6 Å². The standard InChI is InChI=1S/C15H21ClN2O3/c1-20-7-6-17-4-5-18-15(19)12-8-11-9-13(16)2-3-14(11)21-10-12/h2-3,9,12,17H,4-8,10H2,1H3,(H,18,19). The fourth-order valence-corrected chi connectivity index (χ4v) is 2.44. The molecule has 1 aliphatic heterocycles. The predicted molar refractivity (Wildman–Crippen MR) is 81.9 cm³/mol. The van der Waals surface area contributed by atoms with Crippen LogP contribution < -0.4 is 15.4 Å². The molecule has 21 heavy (non-hydrogen) atoms. The largest absolute Gasteiger partial charge is 0.492 e. The summed E-state index contributed by atoms with van der Waals surface area (Å²) in [5, 5.41) is 6.77. The van der Waals surface area contributed by atoms with Crippen LogP contribution in [0.3, 0.4) is 0 Å². The van der Waals surface area contributed by atoms with Crippen molar-refractivity contribution in [2.45, 2.75) is 6.42 Å². The molecule has 1 atom stereocenters. The highest BCUT2D eigenvalue weighted by molar-refractivity contribution is 6.30. The topological polar surface area (TPSA) is 59.6 Å². The maximum Gasteiger partial charge on any atom is 0.226 e. The van der Waals surface area contributed by atoms with Gasteiger partial charge in [-0.15, -0.1) is 0 Å². The van der Waals surface area contributed by atoms with Crippen LogP contribution in [0, 0.1) is 5.92 Å². The number of carbonyl (C=O) groups is 1. The summed E-state index contributed by atoms with van der Waals surface area (Å²) in [6.45, 7) is 3.19. The van der Waals surface area contributed by atoms with Gasteiger partial charge in [0, 0.05) is 31.8 Å². The van der Waals surface area contributed by atoms with Crippen molar-refractivity contribution in [3.05, 3.63) is 28.8 Å². The second-order valence-electron chi connectivity index (χ2n) is 5.00. The van der Waals surface area contributed by atoms with Crippen molar-refractivity contribution in [2.75, 3.05) is 40.0 Å². The zero-order valence-corrected chi connectivity index (χ0v) is 12.9. The minimum absolute atomic E-state index is 0.0224. The highest BCUT2D eigenvalue weighted by Gasteiger charge is 2.25. The van der Waals surface area contributed by atoms with Crippen LogP contribution in [0.25, 0.3) is 0 Å². The fraction of sp³-hybridized carbons (Fsp3) is 0.533. The molecule has 1 aromatic rings. The third kappa shape index (κ3) is 4.88. The van der Waals surface area contributed by atoms with Crippen molar-refractivity contribution in [3.8, 4) is 5.75 Å². The van der Waals surface area contributed by atoms with Gasteiger partial charge in [-0.25, -0.2) is 0 Å². The number of benzene rings is 1. The van der Waals surface area contributed by atoms with Gasteiger partial charge in [0.15, 0.2) is 0 Å². The van der Waals surface area contributed by atoms with E-state index in [0.717, 1.165) is 24.4 Å². The molecule has 5 nitrogen and oxygen atoms in total. The van der Waals surface area contributed by atoms with Gasteiger partial charge in [0.25, 0.3) is 0 Å². The number of ether oxygens (including phenoxy) is 2. The first-order valence-electron chi connectivity index (χ1n) is 7.09. The molecule has 0 aromatic heterocycles. The maximum atomic E-state index is 12.1. The Morgan fingerprint density at radius 1 is 1.43 bits per heavy atom. The Bertz CT molecular complexity index is 482. The van der Waals surface area contributed by atoms with Gasteiger partial charge in [-0.05, 0) is 30.2 Å². The molecular weight excluding hydrogens is 292 g/mol. The average molecular weight is 313 g/mol. The third-order valence-electron chi connectivity index (χ3n) is 3.38. The minimum Gasteiger partial charge on any atom is -0.492 e. The number of fused-ring (bicyclic) bond motifs is 1. The first kappa shape index (κ1) is 16.1. The SMILES string of the molecule is COCCNCCNC(=O)C1COc2ccc(Cl)cc2C1. The lowest BCUT2D eigenvalue weighted by atomic mass is 9.96. The Hall–Kier alpha value is -1.30. The summed E-state index contributed by atoms with van der Waals surface area (Å²) in [6.07, 6.45) is 0.666. The quantitative estimate of drug-likeness (QED) is 0.744. The van der Waals surface area contributed by atoms with Crippen molar-refractivity contribution in [1.82, 2.24) is 10.6 Å². The Morgan fingerprint density at radius 3 is 3.10 bits per heavy atom. The first-order valence-corrected chi connectivity index (χ1v) is 7.47. The molecule has 1 heterocycles. The molecular formula is C15H21ClN2O3. The lowest BCUT2D eigenvalue weighted by molar-refractivity contribution is -0.126. The molecule has 116 valence electrons. The molecule has 1 unspecified atom stereocenters. The predicted octanol–water partition coefficient (Wildman–Crippen LogP) is 1.24. The molecule has 0 radical (unpaired) electrons. The van der Waals surface area contributed by atoms with Crippen molar-refractivity contribution in [1.29, 1.82) is 0 Å². The van der Waals surface area contributed by atoms with E-state index in [0.29, 0.717) is 31.2 Å². The molecule has 0 saturated heterocycles. The van der Waals surface area contributed by atoms with Crippen molar-refractivity contribution in [3.63, 3.8) is 0 Å². The molecule has 6 heteroatoms. The average Bonchev–Trinajstić information content (AvgIpc) is 2.49. The lowest BCUT2D eigenvalue weighted by Crippen LogP contribution is -2.40. The van der Waals surface area contributed by atoms with Crippen LogP contribution in [0.5, 0.6) is 5.75 Å². The van der Waals surface area contributed by atoms with Gasteiger partial charge < -0.3 is 20.1 Å². The lowest BCUT2D eigenvalue weighted by Gasteiger charge is -2.24. The van der Waals surface area contributed by atoms with E-state index < -0.39 is 0 Å². The molecule has 1 aromatic carbocycles. The van der Waals surface area contributed by atoms with Crippen LogP contribution in [0.4, 0.5) is 0 Å². The molecule has 0 saturated carbocycles. The summed E-state index contributed by atoms with van der Waals surface area (Å²) in [5.74, 6) is 0.689. The number of methoxy groups -OCH3 is 1. The first-order chi connectivity index (χ1) is 10.2. The third-order valence-corrected chi connectivity index (χ3v) is 3.62. The van der Waals surface area contributed by atoms with Gasteiger partial charge in [0.1, 0.15) is 12.4 Å². The van der Waals surface area contributed by atoms with Gasteiger partial charge in [-0.1, -0.05) is 11.6 Å². The monoisotopic (exact) mass is 312 g/mol. The number of halogens is 1. The molecule has 0 bridgehead atoms. The molecule has 1 aliphatic rings. The molecule has 1 amide bonds.